The maximum atomic E-state index is 12.3. The highest BCUT2D eigenvalue weighted by Gasteiger charge is 2.29. The van der Waals surface area contributed by atoms with Gasteiger partial charge in [0.15, 0.2) is 0 Å². The second-order valence-corrected chi connectivity index (χ2v) is 8.92. The molecule has 154 valence electrons. The number of fused-ring (bicyclic) bond motifs is 3. The lowest BCUT2D eigenvalue weighted by Crippen LogP contribution is -2.43. The first-order chi connectivity index (χ1) is 14.1. The number of hydrogen-bond donors (Lipinski definition) is 2. The second-order valence-electron chi connectivity index (χ2n) is 6.78. The highest BCUT2D eigenvalue weighted by molar-refractivity contribution is 7.99. The number of aliphatic carboxylic acids is 1. The van der Waals surface area contributed by atoms with Gasteiger partial charge in [0.2, 0.25) is 0 Å². The molecule has 3 rings (SSSR count). The monoisotopic (exact) mass is 431 g/mol. The summed E-state index contributed by atoms with van der Waals surface area (Å²) < 4.78 is 5.44. The number of carboxylic acid groups (broad SMARTS) is 1. The average molecular weight is 432 g/mol. The Bertz CT molecular complexity index is 813. The summed E-state index contributed by atoms with van der Waals surface area (Å²) in [5.41, 5.74) is 4.56. The van der Waals surface area contributed by atoms with Crippen LogP contribution in [0.25, 0.3) is 11.1 Å². The molecule has 0 heterocycles. The average Bonchev–Trinajstić information content (AvgIpc) is 3.05. The third kappa shape index (κ3) is 5.48. The van der Waals surface area contributed by atoms with Gasteiger partial charge in [0.05, 0.1) is 0 Å². The smallest absolute Gasteiger partial charge is 0.407 e. The van der Waals surface area contributed by atoms with Gasteiger partial charge in [-0.25, -0.2) is 9.59 Å². The summed E-state index contributed by atoms with van der Waals surface area (Å²) in [5, 5.41) is 11.9. The van der Waals surface area contributed by atoms with E-state index in [1.54, 1.807) is 11.8 Å². The number of carbonyl (C=O) groups is 2. The van der Waals surface area contributed by atoms with E-state index >= 15 is 0 Å². The lowest BCUT2D eigenvalue weighted by molar-refractivity contribution is -0.138. The minimum absolute atomic E-state index is 0.0441. The number of rotatable bonds is 10. The van der Waals surface area contributed by atoms with Crippen LogP contribution in [-0.2, 0) is 9.53 Å². The highest BCUT2D eigenvalue weighted by Crippen LogP contribution is 2.44. The van der Waals surface area contributed by atoms with Crippen molar-refractivity contribution in [3.63, 3.8) is 0 Å². The molecule has 5 nitrogen and oxygen atoms in total. The van der Waals surface area contributed by atoms with Crippen LogP contribution < -0.4 is 5.32 Å². The van der Waals surface area contributed by atoms with Crippen LogP contribution in [0.4, 0.5) is 4.79 Å². The first-order valence-corrected chi connectivity index (χ1v) is 12.1. The summed E-state index contributed by atoms with van der Waals surface area (Å²) in [5.74, 6) is 1.16. The van der Waals surface area contributed by atoms with Crippen molar-refractivity contribution in [3.05, 3.63) is 59.7 Å². The van der Waals surface area contributed by atoms with Gasteiger partial charge in [-0.3, -0.25) is 0 Å². The zero-order chi connectivity index (χ0) is 20.6. The number of hydrogen-bond acceptors (Lipinski definition) is 5. The van der Waals surface area contributed by atoms with Gasteiger partial charge in [0, 0.05) is 11.7 Å². The maximum absolute atomic E-state index is 12.3. The van der Waals surface area contributed by atoms with Crippen LogP contribution in [-0.4, -0.2) is 53.3 Å². The van der Waals surface area contributed by atoms with Crippen molar-refractivity contribution in [1.82, 2.24) is 5.32 Å². The molecule has 2 aromatic rings. The minimum Gasteiger partial charge on any atom is -0.480 e. The lowest BCUT2D eigenvalue weighted by atomic mass is 9.98. The Morgan fingerprint density at radius 2 is 1.69 bits per heavy atom. The quantitative estimate of drug-likeness (QED) is 0.541. The van der Waals surface area contributed by atoms with E-state index in [0.29, 0.717) is 5.75 Å². The van der Waals surface area contributed by atoms with Gasteiger partial charge in [-0.2, -0.15) is 23.5 Å². The Morgan fingerprint density at radius 1 is 1.07 bits per heavy atom. The fourth-order valence-electron chi connectivity index (χ4n) is 3.46. The van der Waals surface area contributed by atoms with E-state index in [4.69, 9.17) is 4.74 Å². The molecule has 1 unspecified atom stereocenters. The number of carboxylic acids is 1. The molecule has 1 aliphatic carbocycles. The molecule has 0 radical (unpaired) electrons. The normalized spacial score (nSPS) is 13.4. The topological polar surface area (TPSA) is 75.6 Å². The van der Waals surface area contributed by atoms with Crippen LogP contribution in [0.2, 0.25) is 0 Å². The van der Waals surface area contributed by atoms with Crippen molar-refractivity contribution in [3.8, 4) is 11.1 Å². The Balaban J connectivity index is 1.56. The molecule has 0 aliphatic heterocycles. The Morgan fingerprint density at radius 3 is 2.28 bits per heavy atom. The summed E-state index contributed by atoms with van der Waals surface area (Å²) in [7, 11) is 0. The summed E-state index contributed by atoms with van der Waals surface area (Å²) in [4.78, 5) is 23.7. The van der Waals surface area contributed by atoms with E-state index in [0.717, 1.165) is 40.2 Å². The van der Waals surface area contributed by atoms with Gasteiger partial charge in [0.1, 0.15) is 12.6 Å². The molecule has 1 aliphatic rings. The Hall–Kier alpha value is -2.12. The third-order valence-corrected chi connectivity index (χ3v) is 6.70. The SMILES string of the molecule is CSCCCSCC(NC(=O)OCC1c2ccccc2-c2ccccc21)C(=O)O. The predicted octanol–water partition coefficient (Wildman–Crippen LogP) is 4.46. The fourth-order valence-corrected chi connectivity index (χ4v) is 5.06. The second kappa shape index (κ2) is 10.6. The summed E-state index contributed by atoms with van der Waals surface area (Å²) >= 11 is 3.30. The van der Waals surface area contributed by atoms with Crippen LogP contribution in [0, 0.1) is 0 Å². The molecule has 0 saturated carbocycles. The first kappa shape index (κ1) is 21.6. The van der Waals surface area contributed by atoms with E-state index in [-0.39, 0.29) is 12.5 Å². The summed E-state index contributed by atoms with van der Waals surface area (Å²) in [6, 6.07) is 15.2. The molecule has 2 N–H and O–H groups in total. The Labute approximate surface area is 179 Å². The van der Waals surface area contributed by atoms with Crippen LogP contribution in [0.15, 0.2) is 48.5 Å². The molecule has 0 fully saturated rings. The number of thioether (sulfide) groups is 2. The number of ether oxygens (including phenoxy) is 1. The van der Waals surface area contributed by atoms with Crippen molar-refractivity contribution >= 4 is 35.6 Å². The molecular weight excluding hydrogens is 406 g/mol. The maximum Gasteiger partial charge on any atom is 0.407 e. The van der Waals surface area contributed by atoms with E-state index in [9.17, 15) is 14.7 Å². The lowest BCUT2D eigenvalue weighted by Gasteiger charge is -2.17. The van der Waals surface area contributed by atoms with Gasteiger partial charge in [0.25, 0.3) is 0 Å². The van der Waals surface area contributed by atoms with Crippen LogP contribution in [0.5, 0.6) is 0 Å². The van der Waals surface area contributed by atoms with Gasteiger partial charge in [-0.15, -0.1) is 0 Å². The van der Waals surface area contributed by atoms with E-state index in [2.05, 4.69) is 17.4 Å². The molecular formula is C22H25NO4S2. The van der Waals surface area contributed by atoms with Crippen LogP contribution >= 0.6 is 23.5 Å². The zero-order valence-electron chi connectivity index (χ0n) is 16.3. The molecule has 0 aromatic heterocycles. The number of nitrogens with one attached hydrogen (secondary N) is 1. The van der Waals surface area contributed by atoms with Crippen molar-refractivity contribution in [1.29, 1.82) is 0 Å². The highest BCUT2D eigenvalue weighted by atomic mass is 32.2. The number of alkyl carbamates (subject to hydrolysis) is 1. The van der Waals surface area contributed by atoms with Gasteiger partial charge in [-0.05, 0) is 46.4 Å². The predicted molar refractivity (Wildman–Crippen MR) is 120 cm³/mol. The zero-order valence-corrected chi connectivity index (χ0v) is 17.9. The molecule has 29 heavy (non-hydrogen) atoms. The molecule has 0 saturated heterocycles. The third-order valence-electron chi connectivity index (χ3n) is 4.86. The van der Waals surface area contributed by atoms with Crippen molar-refractivity contribution in [2.75, 3.05) is 30.1 Å². The largest absolute Gasteiger partial charge is 0.480 e. The summed E-state index contributed by atoms with van der Waals surface area (Å²) in [6.07, 6.45) is 2.37. The van der Waals surface area contributed by atoms with Gasteiger partial charge < -0.3 is 15.2 Å². The molecule has 7 heteroatoms. The fraction of sp³-hybridized carbons (Fsp3) is 0.364. The van der Waals surface area contributed by atoms with E-state index in [1.807, 2.05) is 42.7 Å². The summed E-state index contributed by atoms with van der Waals surface area (Å²) in [6.45, 7) is 0.174. The number of carbonyl (C=O) groups excluding carboxylic acids is 1. The number of amides is 1. The van der Waals surface area contributed by atoms with Crippen molar-refractivity contribution < 1.29 is 19.4 Å². The van der Waals surface area contributed by atoms with Gasteiger partial charge >= 0.3 is 12.1 Å². The molecule has 0 bridgehead atoms. The molecule has 1 amide bonds. The molecule has 1 atom stereocenters. The van der Waals surface area contributed by atoms with Gasteiger partial charge in [-0.1, -0.05) is 48.5 Å². The molecule has 2 aromatic carbocycles. The molecule has 0 spiro atoms. The first-order valence-electron chi connectivity index (χ1n) is 9.52. The van der Waals surface area contributed by atoms with Crippen molar-refractivity contribution in [2.24, 2.45) is 0 Å². The van der Waals surface area contributed by atoms with Crippen LogP contribution in [0.1, 0.15) is 23.5 Å². The minimum atomic E-state index is -1.05. The van der Waals surface area contributed by atoms with Crippen molar-refractivity contribution in [2.45, 2.75) is 18.4 Å². The van der Waals surface area contributed by atoms with E-state index < -0.39 is 18.1 Å². The van der Waals surface area contributed by atoms with E-state index in [1.165, 1.54) is 11.8 Å². The van der Waals surface area contributed by atoms with Crippen LogP contribution in [0.3, 0.4) is 0 Å². The standard InChI is InChI=1S/C22H25NO4S2/c1-28-11-6-12-29-14-20(21(24)25)23-22(26)27-13-19-17-9-4-2-7-15(17)16-8-3-5-10-18(16)19/h2-5,7-10,19-20H,6,11-14H2,1H3,(H,23,26)(H,24,25). The number of benzene rings is 2. The Kier molecular flexibility index (Phi) is 7.89.